The van der Waals surface area contributed by atoms with Crippen LogP contribution < -0.4 is 0 Å². The van der Waals surface area contributed by atoms with Crippen LogP contribution in [0.2, 0.25) is 0 Å². The van der Waals surface area contributed by atoms with E-state index in [-0.39, 0.29) is 0 Å². The van der Waals surface area contributed by atoms with Crippen LogP contribution in [0.4, 0.5) is 0 Å². The van der Waals surface area contributed by atoms with Gasteiger partial charge in [-0.1, -0.05) is 0 Å². The summed E-state index contributed by atoms with van der Waals surface area (Å²) in [6.07, 6.45) is 12.5. The van der Waals surface area contributed by atoms with E-state index < -0.39 is 0 Å². The van der Waals surface area contributed by atoms with Crippen LogP contribution in [0.15, 0.2) is 36.9 Å². The average Bonchev–Trinajstić information content (AvgIpc) is 3.10. The van der Waals surface area contributed by atoms with Gasteiger partial charge in [-0.2, -0.15) is 0 Å². The summed E-state index contributed by atoms with van der Waals surface area (Å²) in [5, 5.41) is 0. The molecule has 100 valence electrons. The Hall–Kier alpha value is -1.68. The normalized spacial score (nSPS) is 19.9. The summed E-state index contributed by atoms with van der Waals surface area (Å²) in [6, 6.07) is 4.93. The highest BCUT2D eigenvalue weighted by atomic mass is 15.2. The van der Waals surface area contributed by atoms with Crippen molar-refractivity contribution in [2.45, 2.75) is 38.3 Å². The number of hydrogen-bond donors (Lipinski definition) is 1. The van der Waals surface area contributed by atoms with Crippen molar-refractivity contribution in [3.63, 3.8) is 0 Å². The van der Waals surface area contributed by atoms with Crippen molar-refractivity contribution < 1.29 is 0 Å². The van der Waals surface area contributed by atoms with Crippen LogP contribution in [0.3, 0.4) is 0 Å². The zero-order valence-electron chi connectivity index (χ0n) is 11.1. The van der Waals surface area contributed by atoms with Gasteiger partial charge < -0.3 is 4.98 Å². The molecule has 3 heterocycles. The van der Waals surface area contributed by atoms with Gasteiger partial charge in [0.25, 0.3) is 0 Å². The molecule has 1 atom stereocenters. The minimum absolute atomic E-state index is 0.693. The van der Waals surface area contributed by atoms with E-state index in [1.165, 1.54) is 31.4 Å². The molecule has 2 aromatic heterocycles. The van der Waals surface area contributed by atoms with Gasteiger partial charge in [0.15, 0.2) is 0 Å². The highest BCUT2D eigenvalue weighted by molar-refractivity contribution is 5.10. The number of likely N-dealkylation sites (tertiary alicyclic amines) is 1. The van der Waals surface area contributed by atoms with Crippen LogP contribution in [-0.2, 0) is 13.0 Å². The molecule has 4 nitrogen and oxygen atoms in total. The number of hydrogen-bond acceptors (Lipinski definition) is 3. The Morgan fingerprint density at radius 2 is 2.16 bits per heavy atom. The van der Waals surface area contributed by atoms with Crippen LogP contribution in [0.25, 0.3) is 0 Å². The maximum Gasteiger partial charge on any atom is 0.120 e. The van der Waals surface area contributed by atoms with Crippen molar-refractivity contribution in [2.75, 3.05) is 6.54 Å². The van der Waals surface area contributed by atoms with Gasteiger partial charge in [0.05, 0.1) is 6.54 Å². The van der Waals surface area contributed by atoms with Gasteiger partial charge in [-0.3, -0.25) is 9.88 Å². The minimum atomic E-state index is 0.693. The predicted molar refractivity (Wildman–Crippen MR) is 74.6 cm³/mol. The molecule has 2 aromatic rings. The van der Waals surface area contributed by atoms with Gasteiger partial charge in [-0.05, 0) is 49.9 Å². The first-order valence-electron chi connectivity index (χ1n) is 7.03. The van der Waals surface area contributed by atoms with E-state index in [4.69, 9.17) is 0 Å². The molecule has 19 heavy (non-hydrogen) atoms. The van der Waals surface area contributed by atoms with E-state index >= 15 is 0 Å². The second-order valence-corrected chi connectivity index (χ2v) is 5.20. The molecule has 0 spiro atoms. The quantitative estimate of drug-likeness (QED) is 0.893. The molecule has 0 bridgehead atoms. The molecule has 1 aliphatic rings. The highest BCUT2D eigenvalue weighted by Gasteiger charge is 2.24. The molecule has 1 aliphatic heterocycles. The Labute approximate surface area is 113 Å². The molecule has 3 rings (SSSR count). The van der Waals surface area contributed by atoms with Crippen molar-refractivity contribution in [2.24, 2.45) is 0 Å². The number of nitrogens with zero attached hydrogens (tertiary/aromatic N) is 3. The monoisotopic (exact) mass is 256 g/mol. The molecule has 1 saturated heterocycles. The summed E-state index contributed by atoms with van der Waals surface area (Å²) < 4.78 is 0. The van der Waals surface area contributed by atoms with E-state index in [9.17, 15) is 0 Å². The first kappa shape index (κ1) is 12.4. The molecule has 1 unspecified atom stereocenters. The number of aromatic nitrogens is 3. The zero-order valence-corrected chi connectivity index (χ0v) is 11.1. The third-order valence-electron chi connectivity index (χ3n) is 3.92. The van der Waals surface area contributed by atoms with Crippen LogP contribution >= 0.6 is 0 Å². The van der Waals surface area contributed by atoms with Crippen LogP contribution in [0, 0.1) is 0 Å². The van der Waals surface area contributed by atoms with Gasteiger partial charge in [-0.15, -0.1) is 0 Å². The second kappa shape index (κ2) is 5.97. The Kier molecular flexibility index (Phi) is 3.89. The lowest BCUT2D eigenvalue weighted by Gasteiger charge is -2.23. The summed E-state index contributed by atoms with van der Waals surface area (Å²) in [5.41, 5.74) is 1.39. The van der Waals surface area contributed by atoms with Crippen molar-refractivity contribution in [3.05, 3.63) is 48.3 Å². The topological polar surface area (TPSA) is 44.8 Å². The summed E-state index contributed by atoms with van der Waals surface area (Å²) in [4.78, 5) is 14.1. The Bertz CT molecular complexity index is 480. The minimum Gasteiger partial charge on any atom is -0.348 e. The van der Waals surface area contributed by atoms with E-state index in [0.717, 1.165) is 18.8 Å². The second-order valence-electron chi connectivity index (χ2n) is 5.20. The van der Waals surface area contributed by atoms with Crippen LogP contribution in [-0.4, -0.2) is 32.4 Å². The lowest BCUT2D eigenvalue weighted by Crippen LogP contribution is -2.29. The van der Waals surface area contributed by atoms with Gasteiger partial charge in [-0.25, -0.2) is 4.98 Å². The first-order valence-corrected chi connectivity index (χ1v) is 7.03. The average molecular weight is 256 g/mol. The van der Waals surface area contributed by atoms with Gasteiger partial charge in [0.2, 0.25) is 0 Å². The summed E-state index contributed by atoms with van der Waals surface area (Å²) >= 11 is 0. The molecule has 4 heteroatoms. The van der Waals surface area contributed by atoms with Crippen molar-refractivity contribution in [1.29, 1.82) is 0 Å². The molecule has 0 aromatic carbocycles. The highest BCUT2D eigenvalue weighted by Crippen LogP contribution is 2.23. The Morgan fingerprint density at radius 3 is 2.95 bits per heavy atom. The summed E-state index contributed by atoms with van der Waals surface area (Å²) in [7, 11) is 0. The van der Waals surface area contributed by atoms with Crippen molar-refractivity contribution in [3.8, 4) is 0 Å². The number of pyridine rings is 1. The van der Waals surface area contributed by atoms with Crippen molar-refractivity contribution in [1.82, 2.24) is 19.9 Å². The summed E-state index contributed by atoms with van der Waals surface area (Å²) in [5.74, 6) is 1.08. The Balaban J connectivity index is 1.55. The van der Waals surface area contributed by atoms with Gasteiger partial charge >= 0.3 is 0 Å². The third-order valence-corrected chi connectivity index (χ3v) is 3.92. The lowest BCUT2D eigenvalue weighted by molar-refractivity contribution is 0.230. The molecular weight excluding hydrogens is 236 g/mol. The lowest BCUT2D eigenvalue weighted by atomic mass is 10.0. The van der Waals surface area contributed by atoms with Crippen LogP contribution in [0.5, 0.6) is 0 Å². The number of rotatable bonds is 5. The summed E-state index contributed by atoms with van der Waals surface area (Å²) in [6.45, 7) is 2.15. The number of aryl methyl sites for hydroxylation is 1. The van der Waals surface area contributed by atoms with Gasteiger partial charge in [0, 0.05) is 30.8 Å². The SMILES string of the molecule is c1cc(CCC2CCCN2Cc2ncc[nH]2)ccn1. The molecular formula is C15H20N4. The molecule has 0 aliphatic carbocycles. The number of nitrogens with one attached hydrogen (secondary N) is 1. The smallest absolute Gasteiger partial charge is 0.120 e. The fourth-order valence-electron chi connectivity index (χ4n) is 2.89. The first-order chi connectivity index (χ1) is 9.42. The maximum atomic E-state index is 4.33. The van der Waals surface area contributed by atoms with Gasteiger partial charge in [0.1, 0.15) is 5.82 Å². The zero-order chi connectivity index (χ0) is 12.9. The number of aromatic amines is 1. The third kappa shape index (κ3) is 3.20. The predicted octanol–water partition coefficient (Wildman–Crippen LogP) is 2.40. The molecule has 1 N–H and O–H groups in total. The van der Waals surface area contributed by atoms with Crippen molar-refractivity contribution >= 4 is 0 Å². The molecule has 0 saturated carbocycles. The van der Waals surface area contributed by atoms with E-state index in [2.05, 4.69) is 32.0 Å². The molecule has 1 fully saturated rings. The molecule has 0 amide bonds. The maximum absolute atomic E-state index is 4.33. The largest absolute Gasteiger partial charge is 0.348 e. The number of H-pyrrole nitrogens is 1. The van der Waals surface area contributed by atoms with E-state index in [0.29, 0.717) is 6.04 Å². The van der Waals surface area contributed by atoms with Crippen LogP contribution in [0.1, 0.15) is 30.7 Å². The number of imidazole rings is 1. The fourth-order valence-corrected chi connectivity index (χ4v) is 2.89. The molecule has 0 radical (unpaired) electrons. The standard InChI is InChI=1S/C15H20N4/c1-2-14(4-3-13-5-7-16-8-6-13)19(11-1)12-15-17-9-10-18-15/h5-10,14H,1-4,11-12H2,(H,17,18). The van der Waals surface area contributed by atoms with E-state index in [1.54, 1.807) is 0 Å². The fraction of sp³-hybridized carbons (Fsp3) is 0.467. The Morgan fingerprint density at radius 1 is 1.26 bits per heavy atom. The van der Waals surface area contributed by atoms with E-state index in [1.807, 2.05) is 24.8 Å².